The molecule has 0 saturated heterocycles. The second kappa shape index (κ2) is 8.23. The number of hydrogen-bond donors (Lipinski definition) is 2. The van der Waals surface area contributed by atoms with E-state index in [2.05, 4.69) is 15.4 Å². The molecule has 1 aromatic carbocycles. The zero-order valence-corrected chi connectivity index (χ0v) is 12.6. The summed E-state index contributed by atoms with van der Waals surface area (Å²) in [6, 6.07) is 5.31. The Morgan fingerprint density at radius 3 is 2.67 bits per heavy atom. The molecule has 0 unspecified atom stereocenters. The van der Waals surface area contributed by atoms with E-state index in [1.165, 1.54) is 18.2 Å². The first kappa shape index (κ1) is 17.6. The number of amides is 2. The van der Waals surface area contributed by atoms with Gasteiger partial charge in [0.15, 0.2) is 6.61 Å². The number of carbonyl (C=O) groups is 3. The summed E-state index contributed by atoms with van der Waals surface area (Å²) < 4.78 is 33.1. The number of esters is 1. The van der Waals surface area contributed by atoms with Crippen molar-refractivity contribution in [1.29, 1.82) is 0 Å². The maximum absolute atomic E-state index is 12.1. The Labute approximate surface area is 136 Å². The third kappa shape index (κ3) is 6.19. The predicted molar refractivity (Wildman–Crippen MR) is 77.5 cm³/mol. The zero-order chi connectivity index (χ0) is 17.5. The van der Waals surface area contributed by atoms with Crippen molar-refractivity contribution < 1.29 is 32.6 Å². The molecule has 1 fully saturated rings. The summed E-state index contributed by atoms with van der Waals surface area (Å²) in [6.07, 6.45) is 1.84. The van der Waals surface area contributed by atoms with Crippen LogP contribution in [0.3, 0.4) is 0 Å². The van der Waals surface area contributed by atoms with Crippen molar-refractivity contribution >= 4 is 17.8 Å². The number of hydrogen-bond acceptors (Lipinski definition) is 5. The molecular formula is C15H16F2N2O5. The number of alkyl halides is 2. The Morgan fingerprint density at radius 1 is 1.25 bits per heavy atom. The van der Waals surface area contributed by atoms with Crippen molar-refractivity contribution in [2.24, 2.45) is 0 Å². The number of benzene rings is 1. The summed E-state index contributed by atoms with van der Waals surface area (Å²) in [6.45, 7) is -3.86. The molecule has 9 heteroatoms. The Balaban J connectivity index is 1.73. The van der Waals surface area contributed by atoms with Crippen LogP contribution in [-0.4, -0.2) is 43.6 Å². The fourth-order valence-electron chi connectivity index (χ4n) is 1.76. The fourth-order valence-corrected chi connectivity index (χ4v) is 1.76. The van der Waals surface area contributed by atoms with Gasteiger partial charge in [-0.25, -0.2) is 0 Å². The van der Waals surface area contributed by atoms with Gasteiger partial charge in [0, 0.05) is 11.6 Å². The average Bonchev–Trinajstić information content (AvgIpc) is 3.34. The molecule has 1 saturated carbocycles. The highest BCUT2D eigenvalue weighted by atomic mass is 19.3. The zero-order valence-electron chi connectivity index (χ0n) is 12.6. The molecule has 2 amide bonds. The largest absolute Gasteiger partial charge is 0.454 e. The van der Waals surface area contributed by atoms with Gasteiger partial charge in [-0.1, -0.05) is 6.07 Å². The van der Waals surface area contributed by atoms with Gasteiger partial charge < -0.3 is 20.1 Å². The first-order valence-electron chi connectivity index (χ1n) is 7.22. The molecule has 24 heavy (non-hydrogen) atoms. The smallest absolute Gasteiger partial charge is 0.387 e. The minimum Gasteiger partial charge on any atom is -0.454 e. The van der Waals surface area contributed by atoms with E-state index in [0.29, 0.717) is 0 Å². The van der Waals surface area contributed by atoms with E-state index in [4.69, 9.17) is 4.74 Å². The van der Waals surface area contributed by atoms with Crippen LogP contribution in [0.2, 0.25) is 0 Å². The Kier molecular flexibility index (Phi) is 6.05. The Bertz CT molecular complexity index is 620. The van der Waals surface area contributed by atoms with Crippen molar-refractivity contribution in [3.05, 3.63) is 29.8 Å². The summed E-state index contributed by atoms with van der Waals surface area (Å²) in [7, 11) is 0. The molecule has 0 bridgehead atoms. The molecule has 0 radical (unpaired) electrons. The number of carbonyl (C=O) groups excluding carboxylic acids is 3. The highest BCUT2D eigenvalue weighted by Gasteiger charge is 2.23. The SMILES string of the molecule is O=C(COC(=O)CNC(=O)c1cccc(OC(F)F)c1)NC1CC1. The second-order valence-electron chi connectivity index (χ2n) is 5.09. The third-order valence-corrected chi connectivity index (χ3v) is 3.02. The molecule has 130 valence electrons. The lowest BCUT2D eigenvalue weighted by Gasteiger charge is -2.08. The lowest BCUT2D eigenvalue weighted by molar-refractivity contribution is -0.147. The summed E-state index contributed by atoms with van der Waals surface area (Å²) in [4.78, 5) is 34.6. The van der Waals surface area contributed by atoms with Crippen molar-refractivity contribution in [2.45, 2.75) is 25.5 Å². The normalized spacial score (nSPS) is 13.3. The molecule has 7 nitrogen and oxygen atoms in total. The molecule has 0 atom stereocenters. The Hall–Kier alpha value is -2.71. The summed E-state index contributed by atoms with van der Waals surface area (Å²) in [5.74, 6) is -2.01. The molecule has 0 heterocycles. The first-order valence-corrected chi connectivity index (χ1v) is 7.22. The number of halogens is 2. The van der Waals surface area contributed by atoms with Crippen LogP contribution in [0.1, 0.15) is 23.2 Å². The first-order chi connectivity index (χ1) is 11.4. The van der Waals surface area contributed by atoms with E-state index in [-0.39, 0.29) is 17.4 Å². The maximum atomic E-state index is 12.1. The van der Waals surface area contributed by atoms with Gasteiger partial charge in [-0.05, 0) is 31.0 Å². The van der Waals surface area contributed by atoms with Gasteiger partial charge in [0.25, 0.3) is 11.8 Å². The second-order valence-corrected chi connectivity index (χ2v) is 5.09. The average molecular weight is 342 g/mol. The maximum Gasteiger partial charge on any atom is 0.387 e. The summed E-state index contributed by atoms with van der Waals surface area (Å²) in [5.41, 5.74) is 0.0485. The predicted octanol–water partition coefficient (Wildman–Crippen LogP) is 0.840. The molecule has 1 aliphatic rings. The van der Waals surface area contributed by atoms with E-state index in [1.54, 1.807) is 0 Å². The van der Waals surface area contributed by atoms with Crippen LogP contribution in [-0.2, 0) is 14.3 Å². The molecule has 2 rings (SSSR count). The van der Waals surface area contributed by atoms with Gasteiger partial charge >= 0.3 is 12.6 Å². The van der Waals surface area contributed by atoms with Crippen LogP contribution in [0.5, 0.6) is 5.75 Å². The molecule has 1 aromatic rings. The molecule has 0 aliphatic heterocycles. The molecule has 0 spiro atoms. The van der Waals surface area contributed by atoms with Crippen LogP contribution < -0.4 is 15.4 Å². The molecule has 0 aromatic heterocycles. The molecule has 2 N–H and O–H groups in total. The summed E-state index contributed by atoms with van der Waals surface area (Å²) in [5, 5.41) is 4.91. The lowest BCUT2D eigenvalue weighted by atomic mass is 10.2. The van der Waals surface area contributed by atoms with E-state index in [1.807, 2.05) is 0 Å². The van der Waals surface area contributed by atoms with Crippen LogP contribution in [0, 0.1) is 0 Å². The standard InChI is InChI=1S/C15H16F2N2O5/c16-15(17)24-11-3-1-2-9(6-11)14(22)18-7-13(21)23-8-12(20)19-10-4-5-10/h1-3,6,10,15H,4-5,7-8H2,(H,18,22)(H,19,20). The Morgan fingerprint density at radius 2 is 2.00 bits per heavy atom. The highest BCUT2D eigenvalue weighted by Crippen LogP contribution is 2.18. The fraction of sp³-hybridized carbons (Fsp3) is 0.400. The number of ether oxygens (including phenoxy) is 2. The van der Waals surface area contributed by atoms with Crippen LogP contribution in [0.4, 0.5) is 8.78 Å². The van der Waals surface area contributed by atoms with Crippen LogP contribution >= 0.6 is 0 Å². The van der Waals surface area contributed by atoms with Crippen molar-refractivity contribution in [3.63, 3.8) is 0 Å². The van der Waals surface area contributed by atoms with Gasteiger partial charge in [-0.2, -0.15) is 8.78 Å². The van der Waals surface area contributed by atoms with Gasteiger partial charge in [-0.3, -0.25) is 14.4 Å². The van der Waals surface area contributed by atoms with E-state index in [9.17, 15) is 23.2 Å². The van der Waals surface area contributed by atoms with E-state index >= 15 is 0 Å². The minimum absolute atomic E-state index is 0.0485. The highest BCUT2D eigenvalue weighted by molar-refractivity contribution is 5.96. The van der Waals surface area contributed by atoms with Crippen molar-refractivity contribution in [3.8, 4) is 5.75 Å². The lowest BCUT2D eigenvalue weighted by Crippen LogP contribution is -2.34. The monoisotopic (exact) mass is 342 g/mol. The van der Waals surface area contributed by atoms with Crippen molar-refractivity contribution in [2.75, 3.05) is 13.2 Å². The van der Waals surface area contributed by atoms with Crippen LogP contribution in [0.15, 0.2) is 24.3 Å². The van der Waals surface area contributed by atoms with E-state index in [0.717, 1.165) is 18.9 Å². The van der Waals surface area contributed by atoms with Gasteiger partial charge in [0.1, 0.15) is 12.3 Å². The minimum atomic E-state index is -3.00. The van der Waals surface area contributed by atoms with Crippen molar-refractivity contribution in [1.82, 2.24) is 10.6 Å². The van der Waals surface area contributed by atoms with Gasteiger partial charge in [0.2, 0.25) is 0 Å². The third-order valence-electron chi connectivity index (χ3n) is 3.02. The van der Waals surface area contributed by atoms with E-state index < -0.39 is 37.5 Å². The van der Waals surface area contributed by atoms with Gasteiger partial charge in [-0.15, -0.1) is 0 Å². The van der Waals surface area contributed by atoms with Gasteiger partial charge in [0.05, 0.1) is 0 Å². The topological polar surface area (TPSA) is 93.7 Å². The quantitative estimate of drug-likeness (QED) is 0.683. The molecular weight excluding hydrogens is 326 g/mol. The summed E-state index contributed by atoms with van der Waals surface area (Å²) >= 11 is 0. The van der Waals surface area contributed by atoms with Crippen LogP contribution in [0.25, 0.3) is 0 Å². The molecule has 1 aliphatic carbocycles. The number of nitrogens with one attached hydrogen (secondary N) is 2. The number of rotatable bonds is 8.